The second-order valence-corrected chi connectivity index (χ2v) is 10.0. The standard InChI is InChI=1S/C30H41F2N3O3/c1-5-9-10-34-20-27(36)26(16-22-14-24(31)17-25(32)15-22)30(29(33)38)18-21(8-4)13-23(19-30)28(37)35(11-6-2)12-7-3/h4,13-15,17-18,26-27,34,36H,5-7,9-12,16,19-20H2,1-3H3,(H2,33,38)/t26-,27+,30?/m1/s1. The molecule has 2 rings (SSSR count). The molecule has 1 aliphatic rings. The molecule has 0 heterocycles. The van der Waals surface area contributed by atoms with Crippen LogP contribution >= 0.6 is 0 Å². The molecular weight excluding hydrogens is 488 g/mol. The van der Waals surface area contributed by atoms with Crippen LogP contribution in [-0.4, -0.2) is 54.1 Å². The fraction of sp³-hybridized carbons (Fsp3) is 0.533. The molecule has 0 aliphatic heterocycles. The first-order valence-electron chi connectivity index (χ1n) is 13.4. The molecule has 2 amide bonds. The van der Waals surface area contributed by atoms with Gasteiger partial charge >= 0.3 is 0 Å². The number of nitrogens with one attached hydrogen (secondary N) is 1. The Bertz CT molecular complexity index is 1050. The average Bonchev–Trinajstić information content (AvgIpc) is 2.88. The van der Waals surface area contributed by atoms with E-state index >= 15 is 0 Å². The molecule has 208 valence electrons. The summed E-state index contributed by atoms with van der Waals surface area (Å²) in [4.78, 5) is 28.5. The lowest BCUT2D eigenvalue weighted by Crippen LogP contribution is -2.52. The molecule has 1 aromatic carbocycles. The Hall–Kier alpha value is -3.02. The molecular formula is C30H41F2N3O3. The number of terminal acetylenes is 1. The number of halogens is 2. The lowest BCUT2D eigenvalue weighted by molar-refractivity contribution is -0.132. The first kappa shape index (κ1) is 31.2. The van der Waals surface area contributed by atoms with Gasteiger partial charge in [-0.3, -0.25) is 9.59 Å². The van der Waals surface area contributed by atoms with E-state index in [1.165, 1.54) is 18.2 Å². The van der Waals surface area contributed by atoms with Crippen LogP contribution in [0.2, 0.25) is 0 Å². The van der Waals surface area contributed by atoms with Crippen LogP contribution < -0.4 is 11.1 Å². The monoisotopic (exact) mass is 529 g/mol. The number of amides is 2. The number of nitrogens with two attached hydrogens (primary N) is 1. The van der Waals surface area contributed by atoms with E-state index in [-0.39, 0.29) is 30.9 Å². The van der Waals surface area contributed by atoms with Crippen molar-refractivity contribution in [2.24, 2.45) is 17.1 Å². The third-order valence-electron chi connectivity index (χ3n) is 6.96. The summed E-state index contributed by atoms with van der Waals surface area (Å²) in [6.07, 6.45) is 11.0. The highest BCUT2D eigenvalue weighted by Crippen LogP contribution is 2.44. The van der Waals surface area contributed by atoms with Crippen molar-refractivity contribution in [3.8, 4) is 12.3 Å². The number of aliphatic hydroxyl groups is 1. The molecule has 0 aromatic heterocycles. The van der Waals surface area contributed by atoms with E-state index < -0.39 is 35.0 Å². The Labute approximate surface area is 225 Å². The number of benzene rings is 1. The second-order valence-electron chi connectivity index (χ2n) is 10.0. The Balaban J connectivity index is 2.58. The zero-order valence-corrected chi connectivity index (χ0v) is 22.7. The van der Waals surface area contributed by atoms with Gasteiger partial charge in [0.25, 0.3) is 0 Å². The highest BCUT2D eigenvalue weighted by atomic mass is 19.1. The molecule has 8 heteroatoms. The van der Waals surface area contributed by atoms with Gasteiger partial charge in [-0.25, -0.2) is 8.78 Å². The number of unbranched alkanes of at least 4 members (excludes halogenated alkanes) is 1. The number of carbonyl (C=O) groups is 2. The van der Waals surface area contributed by atoms with Crippen LogP contribution in [0.1, 0.15) is 58.4 Å². The van der Waals surface area contributed by atoms with E-state index in [4.69, 9.17) is 12.2 Å². The summed E-state index contributed by atoms with van der Waals surface area (Å²) < 4.78 is 28.2. The summed E-state index contributed by atoms with van der Waals surface area (Å²) in [5.74, 6) is -0.936. The van der Waals surface area contributed by atoms with Crippen molar-refractivity contribution >= 4 is 11.8 Å². The van der Waals surface area contributed by atoms with Gasteiger partial charge in [-0.15, -0.1) is 6.42 Å². The maximum atomic E-state index is 14.1. The Morgan fingerprint density at radius 1 is 1.16 bits per heavy atom. The molecule has 6 nitrogen and oxygen atoms in total. The minimum Gasteiger partial charge on any atom is -0.391 e. The number of primary amides is 1. The minimum atomic E-state index is -1.56. The first-order valence-corrected chi connectivity index (χ1v) is 13.4. The van der Waals surface area contributed by atoms with E-state index in [9.17, 15) is 23.5 Å². The van der Waals surface area contributed by atoms with Gasteiger partial charge in [-0.05, 0) is 62.4 Å². The van der Waals surface area contributed by atoms with Gasteiger partial charge in [0.15, 0.2) is 0 Å². The van der Waals surface area contributed by atoms with Crippen molar-refractivity contribution in [2.45, 2.75) is 65.4 Å². The van der Waals surface area contributed by atoms with Crippen molar-refractivity contribution < 1.29 is 23.5 Å². The van der Waals surface area contributed by atoms with Crippen LogP contribution in [0.15, 0.2) is 41.5 Å². The third kappa shape index (κ3) is 7.99. The fourth-order valence-corrected chi connectivity index (χ4v) is 5.12. The molecule has 0 fully saturated rings. The molecule has 38 heavy (non-hydrogen) atoms. The largest absolute Gasteiger partial charge is 0.391 e. The SMILES string of the molecule is C#CC1=CC(C(N)=O)([C@H](Cc2cc(F)cc(F)c2)[C@@H](O)CNCCCC)CC(C(=O)N(CCC)CCC)=C1. The van der Waals surface area contributed by atoms with Crippen molar-refractivity contribution in [3.63, 3.8) is 0 Å². The van der Waals surface area contributed by atoms with Gasteiger partial charge in [0.05, 0.1) is 11.5 Å². The van der Waals surface area contributed by atoms with Gasteiger partial charge in [0.2, 0.25) is 11.8 Å². The molecule has 0 saturated heterocycles. The lowest BCUT2D eigenvalue weighted by Gasteiger charge is -2.41. The number of hydrogen-bond acceptors (Lipinski definition) is 4. The van der Waals surface area contributed by atoms with Crippen LogP contribution in [0.4, 0.5) is 8.78 Å². The number of allylic oxidation sites excluding steroid dienone is 2. The molecule has 0 saturated carbocycles. The first-order chi connectivity index (χ1) is 18.1. The molecule has 1 aliphatic carbocycles. The quantitative estimate of drug-likeness (QED) is 0.237. The normalized spacial score (nSPS) is 18.7. The highest BCUT2D eigenvalue weighted by Gasteiger charge is 2.48. The summed E-state index contributed by atoms with van der Waals surface area (Å²) >= 11 is 0. The van der Waals surface area contributed by atoms with Gasteiger partial charge in [-0.1, -0.05) is 39.2 Å². The summed E-state index contributed by atoms with van der Waals surface area (Å²) in [7, 11) is 0. The second kappa shape index (κ2) is 14.8. The predicted molar refractivity (Wildman–Crippen MR) is 146 cm³/mol. The number of hydrogen-bond donors (Lipinski definition) is 3. The average molecular weight is 530 g/mol. The zero-order valence-electron chi connectivity index (χ0n) is 22.7. The van der Waals surface area contributed by atoms with Crippen molar-refractivity contribution in [3.05, 3.63) is 58.7 Å². The number of aliphatic hydroxyl groups excluding tert-OH is 1. The van der Waals surface area contributed by atoms with Gasteiger partial charge < -0.3 is 21.1 Å². The Morgan fingerprint density at radius 3 is 2.32 bits per heavy atom. The zero-order chi connectivity index (χ0) is 28.3. The summed E-state index contributed by atoms with van der Waals surface area (Å²) in [6.45, 7) is 7.85. The fourth-order valence-electron chi connectivity index (χ4n) is 5.12. The lowest BCUT2D eigenvalue weighted by atomic mass is 9.63. The van der Waals surface area contributed by atoms with E-state index in [0.717, 1.165) is 31.7 Å². The van der Waals surface area contributed by atoms with Crippen LogP contribution in [0.25, 0.3) is 0 Å². The molecule has 0 radical (unpaired) electrons. The summed E-state index contributed by atoms with van der Waals surface area (Å²) in [6, 6.07) is 3.10. The van der Waals surface area contributed by atoms with Crippen molar-refractivity contribution in [2.75, 3.05) is 26.2 Å². The Kier molecular flexibility index (Phi) is 12.1. The van der Waals surface area contributed by atoms with Gasteiger partial charge in [0.1, 0.15) is 11.6 Å². The molecule has 4 N–H and O–H groups in total. The van der Waals surface area contributed by atoms with E-state index in [2.05, 4.69) is 11.2 Å². The minimum absolute atomic E-state index is 0.0578. The highest BCUT2D eigenvalue weighted by molar-refractivity contribution is 5.97. The third-order valence-corrected chi connectivity index (χ3v) is 6.96. The maximum absolute atomic E-state index is 14.1. The topological polar surface area (TPSA) is 95.7 Å². The summed E-state index contributed by atoms with van der Waals surface area (Å²) in [5.41, 5.74) is 5.35. The van der Waals surface area contributed by atoms with E-state index in [0.29, 0.717) is 30.8 Å². The smallest absolute Gasteiger partial charge is 0.249 e. The molecule has 1 unspecified atom stereocenters. The molecule has 0 spiro atoms. The van der Waals surface area contributed by atoms with Gasteiger partial charge in [0, 0.05) is 42.8 Å². The summed E-state index contributed by atoms with van der Waals surface area (Å²) in [5, 5.41) is 14.6. The van der Waals surface area contributed by atoms with E-state index in [1.807, 2.05) is 20.8 Å². The number of carbonyl (C=O) groups excluding carboxylic acids is 2. The predicted octanol–water partition coefficient (Wildman–Crippen LogP) is 3.88. The Morgan fingerprint density at radius 2 is 1.79 bits per heavy atom. The number of rotatable bonds is 15. The van der Waals surface area contributed by atoms with Crippen LogP contribution in [0, 0.1) is 35.3 Å². The van der Waals surface area contributed by atoms with Crippen LogP contribution in [0.3, 0.4) is 0 Å². The van der Waals surface area contributed by atoms with E-state index in [1.54, 1.807) is 11.0 Å². The van der Waals surface area contributed by atoms with Crippen molar-refractivity contribution in [1.82, 2.24) is 10.2 Å². The molecule has 0 bridgehead atoms. The van der Waals surface area contributed by atoms with Crippen LogP contribution in [0.5, 0.6) is 0 Å². The number of nitrogens with zero attached hydrogens (tertiary/aromatic N) is 1. The maximum Gasteiger partial charge on any atom is 0.249 e. The van der Waals surface area contributed by atoms with Gasteiger partial charge in [-0.2, -0.15) is 0 Å². The van der Waals surface area contributed by atoms with Crippen LogP contribution in [-0.2, 0) is 16.0 Å². The molecule has 1 aromatic rings. The molecule has 3 atom stereocenters. The van der Waals surface area contributed by atoms with Crippen molar-refractivity contribution in [1.29, 1.82) is 0 Å².